The largest absolute Gasteiger partial charge is 0.340 e. The summed E-state index contributed by atoms with van der Waals surface area (Å²) in [5.74, 6) is 0.868. The molecule has 2 aromatic carbocycles. The highest BCUT2D eigenvalue weighted by Gasteiger charge is 2.32. The summed E-state index contributed by atoms with van der Waals surface area (Å²) >= 11 is 0. The van der Waals surface area contributed by atoms with E-state index in [1.54, 1.807) is 0 Å². The number of nitrogens with one attached hydrogen (secondary N) is 2. The van der Waals surface area contributed by atoms with Crippen molar-refractivity contribution in [3.63, 3.8) is 0 Å². The number of urea groups is 1. The van der Waals surface area contributed by atoms with E-state index >= 15 is 0 Å². The molecule has 23 heavy (non-hydrogen) atoms. The van der Waals surface area contributed by atoms with Crippen LogP contribution in [0.25, 0.3) is 11.0 Å². The number of H-pyrrole nitrogens is 1. The van der Waals surface area contributed by atoms with E-state index in [1.165, 1.54) is 0 Å². The molecule has 4 rings (SSSR count). The SMILES string of the molecule is O=C(Nc1ccccc1)N1CCC[C@H]1c1nc2ccccc2[nH]1. The Kier molecular flexibility index (Phi) is 3.46. The van der Waals surface area contributed by atoms with Gasteiger partial charge in [-0.2, -0.15) is 0 Å². The van der Waals surface area contributed by atoms with Crippen LogP contribution in [0.15, 0.2) is 54.6 Å². The number of aromatic nitrogens is 2. The fourth-order valence-corrected chi connectivity index (χ4v) is 3.14. The number of nitrogens with zero attached hydrogens (tertiary/aromatic N) is 2. The number of para-hydroxylation sites is 3. The van der Waals surface area contributed by atoms with E-state index in [0.29, 0.717) is 0 Å². The number of hydrogen-bond acceptors (Lipinski definition) is 2. The molecule has 0 radical (unpaired) electrons. The molecular formula is C18H18N4O. The maximum Gasteiger partial charge on any atom is 0.322 e. The second-order valence-electron chi connectivity index (χ2n) is 5.79. The minimum Gasteiger partial charge on any atom is -0.340 e. The molecule has 1 aliphatic rings. The summed E-state index contributed by atoms with van der Waals surface area (Å²) in [6.07, 6.45) is 1.92. The van der Waals surface area contributed by atoms with Crippen LogP contribution >= 0.6 is 0 Å². The van der Waals surface area contributed by atoms with Crippen LogP contribution in [0.2, 0.25) is 0 Å². The van der Waals surface area contributed by atoms with Crippen molar-refractivity contribution in [2.24, 2.45) is 0 Å². The number of anilines is 1. The van der Waals surface area contributed by atoms with Gasteiger partial charge in [0.05, 0.1) is 17.1 Å². The van der Waals surface area contributed by atoms with Gasteiger partial charge in [0.15, 0.2) is 0 Å². The number of hydrogen-bond donors (Lipinski definition) is 2. The van der Waals surface area contributed by atoms with Gasteiger partial charge >= 0.3 is 6.03 Å². The van der Waals surface area contributed by atoms with Crippen LogP contribution in [0.4, 0.5) is 10.5 Å². The second kappa shape index (κ2) is 5.76. The first-order chi connectivity index (χ1) is 11.3. The standard InChI is InChI=1S/C18H18N4O/c23-18(19-13-7-2-1-3-8-13)22-12-6-11-16(22)17-20-14-9-4-5-10-15(14)21-17/h1-5,7-10,16H,6,11-12H2,(H,19,23)(H,20,21)/t16-/m0/s1. The molecule has 2 amide bonds. The summed E-state index contributed by atoms with van der Waals surface area (Å²) in [6.45, 7) is 0.750. The van der Waals surface area contributed by atoms with Crippen molar-refractivity contribution in [1.82, 2.24) is 14.9 Å². The first kappa shape index (κ1) is 13.8. The average Bonchev–Trinajstić information content (AvgIpc) is 3.22. The van der Waals surface area contributed by atoms with E-state index in [9.17, 15) is 4.79 Å². The highest BCUT2D eigenvalue weighted by molar-refractivity contribution is 5.89. The van der Waals surface area contributed by atoms with Crippen LogP contribution in [-0.2, 0) is 0 Å². The van der Waals surface area contributed by atoms with Crippen molar-refractivity contribution in [2.75, 3.05) is 11.9 Å². The van der Waals surface area contributed by atoms with Gasteiger partial charge in [-0.1, -0.05) is 30.3 Å². The van der Waals surface area contributed by atoms with E-state index in [0.717, 1.165) is 41.9 Å². The third-order valence-corrected chi connectivity index (χ3v) is 4.26. The van der Waals surface area contributed by atoms with E-state index in [4.69, 9.17) is 0 Å². The molecule has 0 saturated carbocycles. The number of aromatic amines is 1. The predicted molar refractivity (Wildman–Crippen MR) is 90.2 cm³/mol. The summed E-state index contributed by atoms with van der Waals surface area (Å²) in [7, 11) is 0. The molecule has 0 aliphatic carbocycles. The molecular weight excluding hydrogens is 288 g/mol. The molecule has 3 aromatic rings. The number of benzene rings is 2. The van der Waals surface area contributed by atoms with Gasteiger partial charge in [-0.15, -0.1) is 0 Å². The van der Waals surface area contributed by atoms with Crippen molar-refractivity contribution in [3.8, 4) is 0 Å². The number of carbonyl (C=O) groups is 1. The number of amides is 2. The molecule has 2 N–H and O–H groups in total. The van der Waals surface area contributed by atoms with Gasteiger partial charge in [0, 0.05) is 12.2 Å². The van der Waals surface area contributed by atoms with Crippen LogP contribution in [0.3, 0.4) is 0 Å². The fourth-order valence-electron chi connectivity index (χ4n) is 3.14. The van der Waals surface area contributed by atoms with Crippen molar-refractivity contribution < 1.29 is 4.79 Å². The lowest BCUT2D eigenvalue weighted by Crippen LogP contribution is -2.34. The number of likely N-dealkylation sites (tertiary alicyclic amines) is 1. The lowest BCUT2D eigenvalue weighted by molar-refractivity contribution is 0.205. The second-order valence-corrected chi connectivity index (χ2v) is 5.79. The van der Waals surface area contributed by atoms with Crippen molar-refractivity contribution in [3.05, 3.63) is 60.4 Å². The Morgan fingerprint density at radius 1 is 1.13 bits per heavy atom. The van der Waals surface area contributed by atoms with Crippen LogP contribution in [0.5, 0.6) is 0 Å². The Morgan fingerprint density at radius 3 is 2.74 bits per heavy atom. The Hall–Kier alpha value is -2.82. The summed E-state index contributed by atoms with van der Waals surface area (Å²) in [6, 6.07) is 17.4. The van der Waals surface area contributed by atoms with Gasteiger partial charge in [-0.05, 0) is 37.1 Å². The molecule has 2 heterocycles. The van der Waals surface area contributed by atoms with Crippen LogP contribution < -0.4 is 5.32 Å². The van der Waals surface area contributed by atoms with Crippen LogP contribution in [0.1, 0.15) is 24.7 Å². The number of fused-ring (bicyclic) bond motifs is 1. The predicted octanol–water partition coefficient (Wildman–Crippen LogP) is 3.93. The van der Waals surface area contributed by atoms with E-state index in [2.05, 4.69) is 15.3 Å². The van der Waals surface area contributed by atoms with E-state index in [-0.39, 0.29) is 12.1 Å². The first-order valence-corrected chi connectivity index (χ1v) is 7.88. The zero-order chi connectivity index (χ0) is 15.6. The number of rotatable bonds is 2. The lowest BCUT2D eigenvalue weighted by atomic mass is 10.2. The topological polar surface area (TPSA) is 61.0 Å². The zero-order valence-corrected chi connectivity index (χ0v) is 12.7. The highest BCUT2D eigenvalue weighted by atomic mass is 16.2. The van der Waals surface area contributed by atoms with Crippen molar-refractivity contribution >= 4 is 22.8 Å². The van der Waals surface area contributed by atoms with Crippen LogP contribution in [0, 0.1) is 0 Å². The van der Waals surface area contributed by atoms with Crippen molar-refractivity contribution in [2.45, 2.75) is 18.9 Å². The zero-order valence-electron chi connectivity index (χ0n) is 12.7. The minimum atomic E-state index is -0.0702. The fraction of sp³-hybridized carbons (Fsp3) is 0.222. The monoisotopic (exact) mass is 306 g/mol. The van der Waals surface area contributed by atoms with Gasteiger partial charge < -0.3 is 15.2 Å². The Labute approximate surface area is 134 Å². The molecule has 1 fully saturated rings. The average molecular weight is 306 g/mol. The van der Waals surface area contributed by atoms with E-state index < -0.39 is 0 Å². The Balaban J connectivity index is 1.57. The molecule has 0 spiro atoms. The Morgan fingerprint density at radius 2 is 1.91 bits per heavy atom. The summed E-state index contributed by atoms with van der Waals surface area (Å²) < 4.78 is 0. The van der Waals surface area contributed by atoms with Gasteiger partial charge in [0.1, 0.15) is 5.82 Å². The number of imidazole rings is 1. The van der Waals surface area contributed by atoms with E-state index in [1.807, 2.05) is 59.5 Å². The van der Waals surface area contributed by atoms with Crippen LogP contribution in [-0.4, -0.2) is 27.4 Å². The molecule has 1 saturated heterocycles. The van der Waals surface area contributed by atoms with Gasteiger partial charge in [0.2, 0.25) is 0 Å². The summed E-state index contributed by atoms with van der Waals surface area (Å²) in [5.41, 5.74) is 2.77. The molecule has 1 aliphatic heterocycles. The molecule has 5 nitrogen and oxygen atoms in total. The van der Waals surface area contributed by atoms with Crippen molar-refractivity contribution in [1.29, 1.82) is 0 Å². The lowest BCUT2D eigenvalue weighted by Gasteiger charge is -2.23. The third kappa shape index (κ3) is 2.65. The maximum atomic E-state index is 12.6. The summed E-state index contributed by atoms with van der Waals surface area (Å²) in [5, 5.41) is 2.96. The third-order valence-electron chi connectivity index (χ3n) is 4.26. The smallest absolute Gasteiger partial charge is 0.322 e. The molecule has 5 heteroatoms. The van der Waals surface area contributed by atoms with Gasteiger partial charge in [-0.3, -0.25) is 0 Å². The maximum absolute atomic E-state index is 12.6. The molecule has 1 aromatic heterocycles. The molecule has 0 unspecified atom stereocenters. The molecule has 1 atom stereocenters. The molecule has 116 valence electrons. The first-order valence-electron chi connectivity index (χ1n) is 7.88. The Bertz CT molecular complexity index is 794. The van der Waals surface area contributed by atoms with Gasteiger partial charge in [-0.25, -0.2) is 9.78 Å². The molecule has 0 bridgehead atoms. The summed E-state index contributed by atoms with van der Waals surface area (Å²) in [4.78, 5) is 22.5. The number of carbonyl (C=O) groups excluding carboxylic acids is 1. The normalized spacial score (nSPS) is 17.6. The minimum absolute atomic E-state index is 0.00566. The highest BCUT2D eigenvalue weighted by Crippen LogP contribution is 2.31. The van der Waals surface area contributed by atoms with Gasteiger partial charge in [0.25, 0.3) is 0 Å². The quantitative estimate of drug-likeness (QED) is 0.753.